The first-order chi connectivity index (χ1) is 5.81. The molecule has 0 amide bonds. The van der Waals surface area contributed by atoms with Gasteiger partial charge >= 0.3 is 0 Å². The highest BCUT2D eigenvalue weighted by atomic mass is 16.3. The Morgan fingerprint density at radius 2 is 1.92 bits per heavy atom. The summed E-state index contributed by atoms with van der Waals surface area (Å²) in [4.78, 5) is 0. The SMILES string of the molecule is OC1(C2CCNC2)CCCCC1. The van der Waals surface area contributed by atoms with Gasteiger partial charge in [0.25, 0.3) is 0 Å². The molecule has 0 aromatic heterocycles. The number of hydrogen-bond acceptors (Lipinski definition) is 2. The van der Waals surface area contributed by atoms with Gasteiger partial charge in [-0.3, -0.25) is 0 Å². The molecular formula is C10H19NO. The van der Waals surface area contributed by atoms with Gasteiger partial charge in [-0.25, -0.2) is 0 Å². The van der Waals surface area contributed by atoms with E-state index in [1.165, 1.54) is 25.7 Å². The van der Waals surface area contributed by atoms with Crippen molar-refractivity contribution in [3.05, 3.63) is 0 Å². The zero-order chi connectivity index (χ0) is 8.44. The van der Waals surface area contributed by atoms with Crippen molar-refractivity contribution < 1.29 is 5.11 Å². The Morgan fingerprint density at radius 3 is 2.50 bits per heavy atom. The molecule has 1 saturated heterocycles. The van der Waals surface area contributed by atoms with Crippen molar-refractivity contribution in [3.63, 3.8) is 0 Å². The van der Waals surface area contributed by atoms with Crippen LogP contribution in [0.15, 0.2) is 0 Å². The molecule has 2 fully saturated rings. The van der Waals surface area contributed by atoms with Crippen LogP contribution in [0.4, 0.5) is 0 Å². The molecule has 2 heteroatoms. The van der Waals surface area contributed by atoms with E-state index in [0.29, 0.717) is 5.92 Å². The standard InChI is InChI=1S/C10H19NO/c12-10(5-2-1-3-6-10)9-4-7-11-8-9/h9,11-12H,1-8H2. The summed E-state index contributed by atoms with van der Waals surface area (Å²) in [6.45, 7) is 2.14. The summed E-state index contributed by atoms with van der Waals surface area (Å²) in [6, 6.07) is 0. The monoisotopic (exact) mass is 169 g/mol. The second kappa shape index (κ2) is 3.35. The fourth-order valence-corrected chi connectivity index (χ4v) is 2.69. The molecular weight excluding hydrogens is 150 g/mol. The van der Waals surface area contributed by atoms with Crippen LogP contribution in [0.1, 0.15) is 38.5 Å². The van der Waals surface area contributed by atoms with E-state index in [9.17, 15) is 5.11 Å². The van der Waals surface area contributed by atoms with Crippen LogP contribution >= 0.6 is 0 Å². The minimum absolute atomic E-state index is 0.304. The molecule has 2 rings (SSSR count). The van der Waals surface area contributed by atoms with Crippen LogP contribution < -0.4 is 5.32 Å². The topological polar surface area (TPSA) is 32.3 Å². The van der Waals surface area contributed by atoms with E-state index in [0.717, 1.165) is 25.9 Å². The lowest BCUT2D eigenvalue weighted by Crippen LogP contribution is -2.40. The molecule has 2 aliphatic rings. The molecule has 1 heterocycles. The average molecular weight is 169 g/mol. The lowest BCUT2D eigenvalue weighted by molar-refractivity contribution is -0.0424. The smallest absolute Gasteiger partial charge is 0.0688 e. The highest BCUT2D eigenvalue weighted by Crippen LogP contribution is 2.36. The summed E-state index contributed by atoms with van der Waals surface area (Å²) in [5.41, 5.74) is -0.304. The minimum atomic E-state index is -0.304. The summed E-state index contributed by atoms with van der Waals surface area (Å²) in [6.07, 6.45) is 7.04. The highest BCUT2D eigenvalue weighted by molar-refractivity contribution is 4.92. The van der Waals surface area contributed by atoms with Crippen LogP contribution in [0, 0.1) is 5.92 Å². The molecule has 1 aliphatic carbocycles. The Balaban J connectivity index is 1.97. The van der Waals surface area contributed by atoms with Gasteiger partial charge in [-0.2, -0.15) is 0 Å². The first-order valence-electron chi connectivity index (χ1n) is 5.24. The largest absolute Gasteiger partial charge is 0.390 e. The minimum Gasteiger partial charge on any atom is -0.390 e. The Bertz CT molecular complexity index is 146. The first kappa shape index (κ1) is 8.52. The molecule has 0 spiro atoms. The van der Waals surface area contributed by atoms with Crippen molar-refractivity contribution in [3.8, 4) is 0 Å². The third-order valence-corrected chi connectivity index (χ3v) is 3.54. The van der Waals surface area contributed by atoms with Gasteiger partial charge < -0.3 is 10.4 Å². The number of aliphatic hydroxyl groups is 1. The zero-order valence-electron chi connectivity index (χ0n) is 7.68. The van der Waals surface area contributed by atoms with E-state index in [2.05, 4.69) is 5.32 Å². The molecule has 0 aromatic carbocycles. The van der Waals surface area contributed by atoms with Crippen molar-refractivity contribution in [2.24, 2.45) is 5.92 Å². The predicted octanol–water partition coefficient (Wildman–Crippen LogP) is 1.29. The average Bonchev–Trinajstić information content (AvgIpc) is 2.58. The van der Waals surface area contributed by atoms with Gasteiger partial charge in [-0.15, -0.1) is 0 Å². The van der Waals surface area contributed by atoms with Crippen molar-refractivity contribution in [2.45, 2.75) is 44.1 Å². The maximum atomic E-state index is 10.3. The summed E-state index contributed by atoms with van der Waals surface area (Å²) in [7, 11) is 0. The van der Waals surface area contributed by atoms with Crippen LogP contribution in [0.3, 0.4) is 0 Å². The Labute approximate surface area is 74.4 Å². The normalized spacial score (nSPS) is 35.2. The Hall–Kier alpha value is -0.0800. The highest BCUT2D eigenvalue weighted by Gasteiger charge is 2.38. The molecule has 1 atom stereocenters. The molecule has 12 heavy (non-hydrogen) atoms. The fraction of sp³-hybridized carbons (Fsp3) is 1.00. The van der Waals surface area contributed by atoms with Crippen LogP contribution in [-0.4, -0.2) is 23.8 Å². The number of hydrogen-bond donors (Lipinski definition) is 2. The van der Waals surface area contributed by atoms with Gasteiger partial charge in [0, 0.05) is 12.5 Å². The van der Waals surface area contributed by atoms with Gasteiger partial charge in [-0.05, 0) is 25.8 Å². The van der Waals surface area contributed by atoms with Gasteiger partial charge in [0.05, 0.1) is 5.60 Å². The molecule has 1 aliphatic heterocycles. The van der Waals surface area contributed by atoms with Gasteiger partial charge in [-0.1, -0.05) is 19.3 Å². The molecule has 0 aromatic rings. The molecule has 2 nitrogen and oxygen atoms in total. The molecule has 1 saturated carbocycles. The van der Waals surface area contributed by atoms with Crippen molar-refractivity contribution in [1.29, 1.82) is 0 Å². The lowest BCUT2D eigenvalue weighted by Gasteiger charge is -2.37. The van der Waals surface area contributed by atoms with Crippen molar-refractivity contribution in [2.75, 3.05) is 13.1 Å². The second-order valence-corrected chi connectivity index (χ2v) is 4.35. The maximum absolute atomic E-state index is 10.3. The van der Waals surface area contributed by atoms with Crippen LogP contribution in [0.2, 0.25) is 0 Å². The van der Waals surface area contributed by atoms with Crippen LogP contribution in [0.5, 0.6) is 0 Å². The van der Waals surface area contributed by atoms with E-state index < -0.39 is 0 Å². The third kappa shape index (κ3) is 1.50. The van der Waals surface area contributed by atoms with Gasteiger partial charge in [0.2, 0.25) is 0 Å². The molecule has 2 N–H and O–H groups in total. The van der Waals surface area contributed by atoms with Crippen molar-refractivity contribution in [1.82, 2.24) is 5.32 Å². The van der Waals surface area contributed by atoms with E-state index >= 15 is 0 Å². The molecule has 0 bridgehead atoms. The molecule has 1 unspecified atom stereocenters. The first-order valence-corrected chi connectivity index (χ1v) is 5.24. The Morgan fingerprint density at radius 1 is 1.17 bits per heavy atom. The van der Waals surface area contributed by atoms with Crippen molar-refractivity contribution >= 4 is 0 Å². The van der Waals surface area contributed by atoms with Gasteiger partial charge in [0.1, 0.15) is 0 Å². The molecule has 0 radical (unpaired) electrons. The Kier molecular flexibility index (Phi) is 2.37. The maximum Gasteiger partial charge on any atom is 0.0688 e. The summed E-state index contributed by atoms with van der Waals surface area (Å²) < 4.78 is 0. The number of nitrogens with one attached hydrogen (secondary N) is 1. The molecule has 70 valence electrons. The quantitative estimate of drug-likeness (QED) is 0.620. The van der Waals surface area contributed by atoms with E-state index in [-0.39, 0.29) is 5.60 Å². The van der Waals surface area contributed by atoms with E-state index in [4.69, 9.17) is 0 Å². The van der Waals surface area contributed by atoms with E-state index in [1.54, 1.807) is 0 Å². The fourth-order valence-electron chi connectivity index (χ4n) is 2.69. The van der Waals surface area contributed by atoms with Crippen LogP contribution in [0.25, 0.3) is 0 Å². The second-order valence-electron chi connectivity index (χ2n) is 4.35. The summed E-state index contributed by atoms with van der Waals surface area (Å²) in [5.74, 6) is 0.540. The van der Waals surface area contributed by atoms with Crippen LogP contribution in [-0.2, 0) is 0 Å². The zero-order valence-corrected chi connectivity index (χ0v) is 7.68. The summed E-state index contributed by atoms with van der Waals surface area (Å²) in [5, 5.41) is 13.7. The predicted molar refractivity (Wildman–Crippen MR) is 49.0 cm³/mol. The van der Waals surface area contributed by atoms with Gasteiger partial charge in [0.15, 0.2) is 0 Å². The third-order valence-electron chi connectivity index (χ3n) is 3.54. The number of rotatable bonds is 1. The summed E-state index contributed by atoms with van der Waals surface area (Å²) >= 11 is 0. The lowest BCUT2D eigenvalue weighted by atomic mass is 9.75. The van der Waals surface area contributed by atoms with E-state index in [1.807, 2.05) is 0 Å².